The molecule has 1 aromatic heterocycles. The summed E-state index contributed by atoms with van der Waals surface area (Å²) in [4.78, 5) is 16.4. The van der Waals surface area contributed by atoms with Crippen molar-refractivity contribution in [1.29, 1.82) is 0 Å². The summed E-state index contributed by atoms with van der Waals surface area (Å²) in [7, 11) is 0. The summed E-state index contributed by atoms with van der Waals surface area (Å²) in [6.45, 7) is 4.78. The van der Waals surface area contributed by atoms with Crippen molar-refractivity contribution in [1.82, 2.24) is 14.7 Å². The Labute approximate surface area is 157 Å². The molecule has 0 saturated heterocycles. The molecular formula is C20H21N3O2S. The van der Waals surface area contributed by atoms with Crippen LogP contribution in [0.2, 0.25) is 0 Å². The van der Waals surface area contributed by atoms with Crippen LogP contribution in [-0.2, 0) is 6.42 Å². The predicted molar refractivity (Wildman–Crippen MR) is 103 cm³/mol. The van der Waals surface area contributed by atoms with E-state index in [-0.39, 0.29) is 5.91 Å². The average Bonchev–Trinajstić information content (AvgIpc) is 3.08. The van der Waals surface area contributed by atoms with Gasteiger partial charge in [0.2, 0.25) is 0 Å². The van der Waals surface area contributed by atoms with Gasteiger partial charge >= 0.3 is 0 Å². The summed E-state index contributed by atoms with van der Waals surface area (Å²) in [5, 5.41) is 3.39. The van der Waals surface area contributed by atoms with Crippen LogP contribution in [0.15, 0.2) is 54.6 Å². The molecule has 0 fully saturated rings. The first-order valence-corrected chi connectivity index (χ1v) is 9.30. The fraction of sp³-hybridized carbons (Fsp3) is 0.250. The first-order chi connectivity index (χ1) is 12.6. The van der Waals surface area contributed by atoms with Crippen LogP contribution in [0.3, 0.4) is 0 Å². The molecular weight excluding hydrogens is 346 g/mol. The van der Waals surface area contributed by atoms with Gasteiger partial charge < -0.3 is 10.1 Å². The molecule has 1 N–H and O–H groups in total. The van der Waals surface area contributed by atoms with Gasteiger partial charge in [-0.1, -0.05) is 44.2 Å². The van der Waals surface area contributed by atoms with E-state index in [9.17, 15) is 4.79 Å². The van der Waals surface area contributed by atoms with Gasteiger partial charge in [0.05, 0.1) is 0 Å². The van der Waals surface area contributed by atoms with E-state index in [4.69, 9.17) is 4.74 Å². The van der Waals surface area contributed by atoms with E-state index < -0.39 is 0 Å². The van der Waals surface area contributed by atoms with Crippen LogP contribution < -0.4 is 10.1 Å². The summed E-state index contributed by atoms with van der Waals surface area (Å²) in [6.07, 6.45) is 0.676. The molecule has 0 bridgehead atoms. The number of hydrogen-bond acceptors (Lipinski definition) is 5. The van der Waals surface area contributed by atoms with E-state index in [1.165, 1.54) is 11.5 Å². The normalized spacial score (nSPS) is 10.7. The molecule has 0 unspecified atom stereocenters. The first kappa shape index (κ1) is 18.1. The van der Waals surface area contributed by atoms with E-state index in [0.29, 0.717) is 35.4 Å². The maximum absolute atomic E-state index is 12.0. The number of carbonyl (C=O) groups is 1. The number of nitrogens with zero attached hydrogens (tertiary/aromatic N) is 2. The van der Waals surface area contributed by atoms with Crippen LogP contribution in [0.4, 0.5) is 0 Å². The van der Waals surface area contributed by atoms with Gasteiger partial charge in [-0.15, -0.1) is 0 Å². The minimum Gasteiger partial charge on any atom is -0.430 e. The average molecular weight is 367 g/mol. The highest BCUT2D eigenvalue weighted by Crippen LogP contribution is 2.24. The molecule has 1 heterocycles. The maximum Gasteiger partial charge on any atom is 0.298 e. The van der Waals surface area contributed by atoms with Crippen LogP contribution in [0.1, 0.15) is 35.6 Å². The predicted octanol–water partition coefficient (Wildman–Crippen LogP) is 4.31. The Hall–Kier alpha value is -2.73. The lowest BCUT2D eigenvalue weighted by molar-refractivity contribution is 0.0949. The molecule has 0 aliphatic rings. The Kier molecular flexibility index (Phi) is 5.96. The summed E-state index contributed by atoms with van der Waals surface area (Å²) >= 11 is 1.22. The van der Waals surface area contributed by atoms with Crippen molar-refractivity contribution in [3.05, 3.63) is 71.5 Å². The zero-order valence-corrected chi connectivity index (χ0v) is 15.6. The van der Waals surface area contributed by atoms with E-state index in [0.717, 1.165) is 11.4 Å². The number of hydrogen-bond donors (Lipinski definition) is 1. The molecule has 0 radical (unpaired) electrons. The highest BCUT2D eigenvalue weighted by Gasteiger charge is 2.09. The highest BCUT2D eigenvalue weighted by molar-refractivity contribution is 7.07. The molecule has 3 aromatic rings. The lowest BCUT2D eigenvalue weighted by Crippen LogP contribution is -2.27. The van der Waals surface area contributed by atoms with Gasteiger partial charge in [-0.2, -0.15) is 9.36 Å². The monoisotopic (exact) mass is 367 g/mol. The van der Waals surface area contributed by atoms with Gasteiger partial charge in [0, 0.05) is 30.1 Å². The summed E-state index contributed by atoms with van der Waals surface area (Å²) in [5.41, 5.74) is 1.77. The second kappa shape index (κ2) is 8.58. The van der Waals surface area contributed by atoms with Crippen molar-refractivity contribution < 1.29 is 9.53 Å². The van der Waals surface area contributed by atoms with Crippen molar-refractivity contribution >= 4 is 17.4 Å². The molecule has 0 atom stereocenters. The van der Waals surface area contributed by atoms with E-state index in [1.807, 2.05) is 30.3 Å². The number of ether oxygens (including phenoxy) is 1. The Bertz CT molecular complexity index is 845. The SMILES string of the molecule is CC(C)CNC(=O)c1ccc(Oc2nc(Cc3ccccc3)ns2)cc1. The standard InChI is InChI=1S/C20H21N3O2S/c1-14(2)13-21-19(24)16-8-10-17(11-9-16)25-20-22-18(23-26-20)12-15-6-4-3-5-7-15/h3-11,14H,12-13H2,1-2H3,(H,21,24). The molecule has 0 saturated carbocycles. The number of aromatic nitrogens is 2. The lowest BCUT2D eigenvalue weighted by Gasteiger charge is -2.08. The van der Waals surface area contributed by atoms with Crippen LogP contribution >= 0.6 is 11.5 Å². The lowest BCUT2D eigenvalue weighted by atomic mass is 10.1. The van der Waals surface area contributed by atoms with Crippen LogP contribution in [-0.4, -0.2) is 21.8 Å². The Morgan fingerprint density at radius 1 is 1.12 bits per heavy atom. The fourth-order valence-corrected chi connectivity index (χ4v) is 2.87. The van der Waals surface area contributed by atoms with Crippen molar-refractivity contribution in [2.24, 2.45) is 5.92 Å². The number of rotatable bonds is 7. The number of benzene rings is 2. The highest BCUT2D eigenvalue weighted by atomic mass is 32.1. The zero-order chi connectivity index (χ0) is 18.4. The number of amides is 1. The first-order valence-electron chi connectivity index (χ1n) is 8.53. The number of carbonyl (C=O) groups excluding carboxylic acids is 1. The third kappa shape index (κ3) is 5.13. The molecule has 0 aliphatic carbocycles. The third-order valence-electron chi connectivity index (χ3n) is 3.65. The molecule has 26 heavy (non-hydrogen) atoms. The summed E-state index contributed by atoms with van der Waals surface area (Å²) < 4.78 is 10.1. The molecule has 0 spiro atoms. The fourth-order valence-electron chi connectivity index (χ4n) is 2.30. The summed E-state index contributed by atoms with van der Waals surface area (Å²) in [5.74, 6) is 1.71. The topological polar surface area (TPSA) is 64.1 Å². The smallest absolute Gasteiger partial charge is 0.298 e. The quantitative estimate of drug-likeness (QED) is 0.676. The maximum atomic E-state index is 12.0. The van der Waals surface area contributed by atoms with Crippen molar-refractivity contribution in [2.75, 3.05) is 6.54 Å². The van der Waals surface area contributed by atoms with Gasteiger partial charge in [-0.3, -0.25) is 4.79 Å². The van der Waals surface area contributed by atoms with Crippen molar-refractivity contribution in [2.45, 2.75) is 20.3 Å². The van der Waals surface area contributed by atoms with Crippen molar-refractivity contribution in [3.8, 4) is 10.9 Å². The zero-order valence-electron chi connectivity index (χ0n) is 14.8. The molecule has 2 aromatic carbocycles. The van der Waals surface area contributed by atoms with Gasteiger partial charge in [0.15, 0.2) is 5.82 Å². The molecule has 5 nitrogen and oxygen atoms in total. The molecule has 1 amide bonds. The Balaban J connectivity index is 1.58. The molecule has 6 heteroatoms. The largest absolute Gasteiger partial charge is 0.430 e. The Morgan fingerprint density at radius 3 is 2.54 bits per heavy atom. The van der Waals surface area contributed by atoms with Crippen LogP contribution in [0.25, 0.3) is 0 Å². The minimum absolute atomic E-state index is 0.0775. The molecule has 3 rings (SSSR count). The van der Waals surface area contributed by atoms with Gasteiger partial charge in [-0.05, 0) is 35.7 Å². The molecule has 134 valence electrons. The van der Waals surface area contributed by atoms with Crippen LogP contribution in [0, 0.1) is 5.92 Å². The van der Waals surface area contributed by atoms with Crippen molar-refractivity contribution in [3.63, 3.8) is 0 Å². The third-order valence-corrected chi connectivity index (χ3v) is 4.28. The minimum atomic E-state index is -0.0775. The number of nitrogens with one attached hydrogen (secondary N) is 1. The van der Waals surface area contributed by atoms with Crippen LogP contribution in [0.5, 0.6) is 10.9 Å². The van der Waals surface area contributed by atoms with Gasteiger partial charge in [0.25, 0.3) is 11.1 Å². The molecule has 0 aliphatic heterocycles. The van der Waals surface area contributed by atoms with E-state index in [1.54, 1.807) is 24.3 Å². The summed E-state index contributed by atoms with van der Waals surface area (Å²) in [6, 6.07) is 17.1. The van der Waals surface area contributed by atoms with Gasteiger partial charge in [0.1, 0.15) is 5.75 Å². The van der Waals surface area contributed by atoms with E-state index >= 15 is 0 Å². The second-order valence-corrected chi connectivity index (χ2v) is 7.08. The van der Waals surface area contributed by atoms with Gasteiger partial charge in [-0.25, -0.2) is 0 Å². The van der Waals surface area contributed by atoms with E-state index in [2.05, 4.69) is 28.5 Å². The Morgan fingerprint density at radius 2 is 1.85 bits per heavy atom. The second-order valence-electron chi connectivity index (χ2n) is 6.37.